The van der Waals surface area contributed by atoms with Gasteiger partial charge in [0.1, 0.15) is 48.3 Å². The summed E-state index contributed by atoms with van der Waals surface area (Å²) >= 11 is 0. The highest BCUT2D eigenvalue weighted by atomic mass is 33.1. The van der Waals surface area contributed by atoms with Crippen LogP contribution in [0.25, 0.3) is 0 Å². The van der Waals surface area contributed by atoms with Gasteiger partial charge in [-0.05, 0) is 74.8 Å². The first kappa shape index (κ1) is 74.5. The van der Waals surface area contributed by atoms with Crippen molar-refractivity contribution in [1.29, 1.82) is 0 Å². The van der Waals surface area contributed by atoms with Gasteiger partial charge in [0.2, 0.25) is 59.1 Å². The van der Waals surface area contributed by atoms with Gasteiger partial charge in [-0.2, -0.15) is 0 Å². The molecule has 500 valence electrons. The van der Waals surface area contributed by atoms with Gasteiger partial charge in [0, 0.05) is 44.1 Å². The Kier molecular flexibility index (Phi) is 32.2. The van der Waals surface area contributed by atoms with Gasteiger partial charge in [-0.25, -0.2) is 4.79 Å². The standard InChI is InChI=1S/C57H88N20O12S2/c1-3-32(2)45-52(86)73-38(20-12-24-67-57(63)64)53(87)77-25-13-21-42(77)51(85)75-41(54(88)89)31-91-90-30-40(50(84)72-36(18-10-22-65-55(59)60)47(81)71-37(48(82)76-45)19-11-23-66-56(61)62)74-49(83)39(27-34-16-8-5-9-17-34)70-44(79)29-68-43(78)28-69-46(80)35(58)26-33-14-6-4-7-15-33/h4-9,14-17,32,35-42,45H,3,10-13,18-31,58H2,1-2H3,(H,68,78)(H,69,80)(H,70,79)(H,71,81)(H,72,84)(H,73,86)(H,74,83)(H,75,85)(H,76,82)(H,88,89)(H4,59,60,65)(H4,61,62,66)(H4,63,64,67)/t32-,35-,36+,37-,38-,39-,40+,41+,42+,45+/m0/s1. The van der Waals surface area contributed by atoms with Crippen LogP contribution in [0.5, 0.6) is 0 Å². The van der Waals surface area contributed by atoms with E-state index >= 15 is 0 Å². The maximum absolute atomic E-state index is 14.8. The molecule has 0 radical (unpaired) electrons. The first-order valence-electron chi connectivity index (χ1n) is 29.8. The van der Waals surface area contributed by atoms with Crippen LogP contribution in [0.15, 0.2) is 75.6 Å². The Labute approximate surface area is 535 Å². The molecule has 2 aliphatic rings. The second kappa shape index (κ2) is 39.3. The normalized spacial score (nSPS) is 21.4. The molecule has 0 aromatic heterocycles. The molecule has 0 spiro atoms. The third-order valence-electron chi connectivity index (χ3n) is 14.6. The molecule has 32 nitrogen and oxygen atoms in total. The van der Waals surface area contributed by atoms with Crippen molar-refractivity contribution in [2.75, 3.05) is 50.8 Å². The van der Waals surface area contributed by atoms with Crippen molar-refractivity contribution in [2.45, 2.75) is 139 Å². The Hall–Kier alpha value is -8.92. The number of fused-ring (bicyclic) bond motifs is 1. The molecular weight excluding hydrogens is 1220 g/mol. The maximum atomic E-state index is 14.8. The summed E-state index contributed by atoms with van der Waals surface area (Å²) in [6, 6.07) is 5.17. The van der Waals surface area contributed by atoms with E-state index in [-0.39, 0.29) is 113 Å². The molecule has 4 rings (SSSR count). The van der Waals surface area contributed by atoms with Gasteiger partial charge in [-0.1, -0.05) is 103 Å². The van der Waals surface area contributed by atoms with E-state index in [0.29, 0.717) is 18.4 Å². The van der Waals surface area contributed by atoms with Crippen LogP contribution >= 0.6 is 21.6 Å². The minimum atomic E-state index is -1.58. The molecule has 2 aliphatic heterocycles. The monoisotopic (exact) mass is 1310 g/mol. The Morgan fingerprint density at radius 2 is 1.13 bits per heavy atom. The van der Waals surface area contributed by atoms with E-state index in [4.69, 9.17) is 40.1 Å². The minimum absolute atomic E-state index is 0.00483. The summed E-state index contributed by atoms with van der Waals surface area (Å²) in [4.78, 5) is 167. The van der Waals surface area contributed by atoms with Gasteiger partial charge in [-0.15, -0.1) is 0 Å². The van der Waals surface area contributed by atoms with E-state index in [9.17, 15) is 57.8 Å². The van der Waals surface area contributed by atoms with Gasteiger partial charge < -0.3 is 98.0 Å². The van der Waals surface area contributed by atoms with Crippen LogP contribution in [0.1, 0.15) is 82.8 Å². The van der Waals surface area contributed by atoms with Crippen LogP contribution in [0, 0.1) is 5.92 Å². The van der Waals surface area contributed by atoms with Crippen LogP contribution in [0.2, 0.25) is 0 Å². The minimum Gasteiger partial charge on any atom is -0.480 e. The lowest BCUT2D eigenvalue weighted by Crippen LogP contribution is -2.61. The number of carbonyl (C=O) groups excluding carboxylic acids is 10. The fourth-order valence-electron chi connectivity index (χ4n) is 9.51. The highest BCUT2D eigenvalue weighted by Crippen LogP contribution is 2.25. The summed E-state index contributed by atoms with van der Waals surface area (Å²) in [5, 5.41) is 33.9. The van der Waals surface area contributed by atoms with Crippen LogP contribution in [0.3, 0.4) is 0 Å². The average Bonchev–Trinajstić information content (AvgIpc) is 3.94. The summed E-state index contributed by atoms with van der Waals surface area (Å²) in [7, 11) is 1.81. The third-order valence-corrected chi connectivity index (χ3v) is 17.0. The second-order valence-corrected chi connectivity index (χ2v) is 24.3. The molecule has 2 heterocycles. The molecule has 0 saturated carbocycles. The van der Waals surface area contributed by atoms with Crippen LogP contribution in [-0.4, -0.2) is 198 Å². The lowest BCUT2D eigenvalue weighted by Gasteiger charge is -2.32. The number of carbonyl (C=O) groups is 11. The number of nitrogens with one attached hydrogen (secondary N) is 9. The summed E-state index contributed by atoms with van der Waals surface area (Å²) in [6.07, 6.45) is 0.891. The van der Waals surface area contributed by atoms with Crippen LogP contribution in [0.4, 0.5) is 0 Å². The molecule has 2 aromatic carbocycles. The number of rotatable bonds is 27. The van der Waals surface area contributed by atoms with Gasteiger partial charge >= 0.3 is 5.97 Å². The summed E-state index contributed by atoms with van der Waals surface area (Å²) < 4.78 is 0. The molecule has 0 aliphatic carbocycles. The number of aliphatic imine (C=N–C) groups is 3. The number of carboxylic acids is 1. The Morgan fingerprint density at radius 3 is 1.68 bits per heavy atom. The lowest BCUT2D eigenvalue weighted by atomic mass is 9.96. The van der Waals surface area contributed by atoms with Gasteiger partial charge in [-0.3, -0.25) is 62.9 Å². The molecule has 34 heteroatoms. The van der Waals surface area contributed by atoms with E-state index in [1.165, 1.54) is 4.90 Å². The molecule has 10 atom stereocenters. The lowest BCUT2D eigenvalue weighted by molar-refractivity contribution is -0.144. The SMILES string of the molecule is CC[C@H](C)[C@H]1NC(=O)[C@H](CCCN=C(N)N)NC(=O)[C@@H](CCCN=C(N)N)NC(=O)[C@H](NC(=O)[C@H](Cc2ccccc2)NC(=O)CNC(=O)CNC(=O)[C@@H](N)Cc2ccccc2)CSSC[C@H](C(=O)O)NC(=O)[C@H]2CCCN2C(=O)[C@H](CCCN=C(N)N)NC1=O. The van der Waals surface area contributed by atoms with E-state index in [0.717, 1.165) is 27.2 Å². The molecule has 0 unspecified atom stereocenters. The molecule has 2 saturated heterocycles. The third kappa shape index (κ3) is 27.0. The van der Waals surface area contributed by atoms with Gasteiger partial charge in [0.15, 0.2) is 17.9 Å². The molecule has 2 aromatic rings. The largest absolute Gasteiger partial charge is 0.480 e. The van der Waals surface area contributed by atoms with Crippen LogP contribution in [-0.2, 0) is 65.6 Å². The molecular formula is C57H88N20O12S2. The van der Waals surface area contributed by atoms with Gasteiger partial charge in [0.25, 0.3) is 0 Å². The number of hydrogen-bond donors (Lipinski definition) is 17. The Bertz CT molecular complexity index is 2880. The number of carboxylic acid groups (broad SMARTS) is 1. The van der Waals surface area contributed by atoms with Crippen molar-refractivity contribution in [1.82, 2.24) is 52.8 Å². The van der Waals surface area contributed by atoms with E-state index in [2.05, 4.69) is 62.8 Å². The number of guanidine groups is 3. The fraction of sp³-hybridized carbons (Fsp3) is 0.544. The smallest absolute Gasteiger partial charge is 0.327 e. The Balaban J connectivity index is 1.73. The zero-order valence-corrected chi connectivity index (χ0v) is 52.7. The predicted molar refractivity (Wildman–Crippen MR) is 344 cm³/mol. The number of nitrogens with zero attached hydrogens (tertiary/aromatic N) is 4. The molecule has 24 N–H and O–H groups in total. The van der Waals surface area contributed by atoms with Crippen molar-refractivity contribution < 1.29 is 57.8 Å². The van der Waals surface area contributed by atoms with Crippen molar-refractivity contribution >= 4 is 105 Å². The van der Waals surface area contributed by atoms with E-state index < -0.39 is 138 Å². The topological polar surface area (TPSA) is 539 Å². The van der Waals surface area contributed by atoms with E-state index in [1.807, 2.05) is 6.07 Å². The highest BCUT2D eigenvalue weighted by molar-refractivity contribution is 8.76. The number of hydrogen-bond acceptors (Lipinski definition) is 17. The molecule has 0 bridgehead atoms. The number of benzene rings is 2. The number of aliphatic carboxylic acids is 1. The fourth-order valence-corrected chi connectivity index (χ4v) is 11.8. The van der Waals surface area contributed by atoms with Crippen molar-refractivity contribution in [3.8, 4) is 0 Å². The quantitative estimate of drug-likeness (QED) is 0.0173. The first-order valence-corrected chi connectivity index (χ1v) is 32.3. The zero-order chi connectivity index (χ0) is 67.0. The van der Waals surface area contributed by atoms with Crippen molar-refractivity contribution in [3.05, 3.63) is 71.8 Å². The van der Waals surface area contributed by atoms with E-state index in [1.54, 1.807) is 68.4 Å². The summed E-state index contributed by atoms with van der Waals surface area (Å²) in [5.41, 5.74) is 40.9. The average molecular weight is 1310 g/mol. The van der Waals surface area contributed by atoms with Gasteiger partial charge in [0.05, 0.1) is 19.1 Å². The summed E-state index contributed by atoms with van der Waals surface area (Å²) in [5.74, 6) is -11.5. The number of amides is 10. The van der Waals surface area contributed by atoms with Crippen molar-refractivity contribution in [3.63, 3.8) is 0 Å². The second-order valence-electron chi connectivity index (χ2n) is 21.7. The predicted octanol–water partition coefficient (Wildman–Crippen LogP) is -4.90. The molecule has 10 amide bonds. The Morgan fingerprint density at radius 1 is 0.626 bits per heavy atom. The zero-order valence-electron chi connectivity index (χ0n) is 51.1. The summed E-state index contributed by atoms with van der Waals surface area (Å²) in [6.45, 7) is 2.36. The number of nitrogens with two attached hydrogens (primary N) is 7. The highest BCUT2D eigenvalue weighted by Gasteiger charge is 2.41. The first-order chi connectivity index (χ1) is 43.4. The van der Waals surface area contributed by atoms with Crippen molar-refractivity contribution in [2.24, 2.45) is 61.0 Å². The maximum Gasteiger partial charge on any atom is 0.327 e. The molecule has 2 fully saturated rings. The van der Waals surface area contributed by atoms with Crippen LogP contribution < -0.4 is 88.0 Å². The molecule has 91 heavy (non-hydrogen) atoms.